The molecular weight excluding hydrogens is 250 g/mol. The van der Waals surface area contributed by atoms with Gasteiger partial charge in [-0.1, -0.05) is 6.92 Å². The lowest BCUT2D eigenvalue weighted by molar-refractivity contribution is 0.0727. The molecule has 1 aliphatic carbocycles. The molecule has 0 radical (unpaired) electrons. The molecule has 1 saturated carbocycles. The fourth-order valence-electron chi connectivity index (χ4n) is 2.45. The van der Waals surface area contributed by atoms with E-state index in [1.165, 1.54) is 12.8 Å². The molecule has 1 amide bonds. The predicted octanol–water partition coefficient (Wildman–Crippen LogP) is 2.95. The van der Waals surface area contributed by atoms with E-state index in [9.17, 15) is 4.79 Å². The van der Waals surface area contributed by atoms with Gasteiger partial charge in [0.1, 0.15) is 5.82 Å². The summed E-state index contributed by atoms with van der Waals surface area (Å²) >= 11 is 0. The van der Waals surface area contributed by atoms with Crippen LogP contribution >= 0.6 is 0 Å². The Balaban J connectivity index is 2.20. The number of pyridine rings is 1. The van der Waals surface area contributed by atoms with Gasteiger partial charge in [0.2, 0.25) is 0 Å². The summed E-state index contributed by atoms with van der Waals surface area (Å²) < 4.78 is 0. The molecule has 2 rings (SSSR count). The summed E-state index contributed by atoms with van der Waals surface area (Å²) in [4.78, 5) is 19.0. The van der Waals surface area contributed by atoms with E-state index in [0.29, 0.717) is 12.0 Å². The van der Waals surface area contributed by atoms with Crippen molar-refractivity contribution in [3.05, 3.63) is 23.4 Å². The summed E-state index contributed by atoms with van der Waals surface area (Å²) in [5, 5.41) is 3.20. The van der Waals surface area contributed by atoms with Gasteiger partial charge in [0, 0.05) is 30.9 Å². The minimum absolute atomic E-state index is 0.0978. The first-order valence-electron chi connectivity index (χ1n) is 7.58. The van der Waals surface area contributed by atoms with Crippen LogP contribution in [0.2, 0.25) is 0 Å². The zero-order chi connectivity index (χ0) is 14.7. The van der Waals surface area contributed by atoms with Gasteiger partial charge in [-0.2, -0.15) is 0 Å². The number of hydrogen-bond donors (Lipinski definition) is 1. The van der Waals surface area contributed by atoms with Crippen molar-refractivity contribution in [2.24, 2.45) is 5.92 Å². The third kappa shape index (κ3) is 3.30. The maximum Gasteiger partial charge on any atom is 0.254 e. The summed E-state index contributed by atoms with van der Waals surface area (Å²) in [6.07, 6.45) is 3.33. The molecule has 1 fully saturated rings. The highest BCUT2D eigenvalue weighted by atomic mass is 16.2. The number of amides is 1. The van der Waals surface area contributed by atoms with E-state index in [1.807, 2.05) is 31.0 Å². The third-order valence-electron chi connectivity index (χ3n) is 4.08. The fraction of sp³-hybridized carbons (Fsp3) is 0.625. The molecule has 20 heavy (non-hydrogen) atoms. The predicted molar refractivity (Wildman–Crippen MR) is 82.1 cm³/mol. The van der Waals surface area contributed by atoms with Crippen LogP contribution < -0.4 is 5.32 Å². The number of hydrogen-bond acceptors (Lipinski definition) is 3. The van der Waals surface area contributed by atoms with Crippen LogP contribution in [0.3, 0.4) is 0 Å². The maximum absolute atomic E-state index is 12.6. The molecule has 1 aromatic heterocycles. The average molecular weight is 275 g/mol. The van der Waals surface area contributed by atoms with E-state index in [0.717, 1.165) is 30.0 Å². The van der Waals surface area contributed by atoms with Crippen molar-refractivity contribution in [3.63, 3.8) is 0 Å². The van der Waals surface area contributed by atoms with Crippen LogP contribution in [-0.2, 0) is 6.42 Å². The van der Waals surface area contributed by atoms with Crippen LogP contribution in [-0.4, -0.2) is 35.4 Å². The lowest BCUT2D eigenvalue weighted by Gasteiger charge is -2.25. The normalized spacial score (nSPS) is 15.8. The average Bonchev–Trinajstić information content (AvgIpc) is 3.29. The molecule has 0 aliphatic heterocycles. The highest BCUT2D eigenvalue weighted by Gasteiger charge is 2.32. The second-order valence-electron chi connectivity index (χ2n) is 5.61. The standard InChI is InChI=1S/C16H25N3O/c1-5-14-9-13(10-15(18-14)17-6-2)16(20)19(4)11(3)12-7-8-12/h9-12H,5-8H2,1-4H3,(H,17,18). The number of aryl methyl sites for hydroxylation is 1. The molecule has 1 N–H and O–H groups in total. The Labute approximate surface area is 121 Å². The minimum atomic E-state index is 0.0978. The Kier molecular flexibility index (Phi) is 4.63. The van der Waals surface area contributed by atoms with Crippen molar-refractivity contribution < 1.29 is 4.79 Å². The Hall–Kier alpha value is -1.58. The molecule has 0 saturated heterocycles. The van der Waals surface area contributed by atoms with Crippen LogP contribution in [0, 0.1) is 5.92 Å². The highest BCUT2D eigenvalue weighted by Crippen LogP contribution is 2.35. The van der Waals surface area contributed by atoms with Crippen molar-refractivity contribution in [2.75, 3.05) is 18.9 Å². The van der Waals surface area contributed by atoms with Crippen LogP contribution in [0.4, 0.5) is 5.82 Å². The summed E-state index contributed by atoms with van der Waals surface area (Å²) in [5.41, 5.74) is 1.70. The summed E-state index contributed by atoms with van der Waals surface area (Å²) in [5.74, 6) is 1.58. The first kappa shape index (κ1) is 14.8. The van der Waals surface area contributed by atoms with Gasteiger partial charge in [0.25, 0.3) is 5.91 Å². The van der Waals surface area contributed by atoms with Crippen molar-refractivity contribution in [1.82, 2.24) is 9.88 Å². The van der Waals surface area contributed by atoms with Crippen molar-refractivity contribution in [3.8, 4) is 0 Å². The molecule has 1 atom stereocenters. The van der Waals surface area contributed by atoms with Gasteiger partial charge in [-0.25, -0.2) is 4.98 Å². The third-order valence-corrected chi connectivity index (χ3v) is 4.08. The summed E-state index contributed by atoms with van der Waals surface area (Å²) in [7, 11) is 1.91. The first-order chi connectivity index (χ1) is 9.56. The van der Waals surface area contributed by atoms with Gasteiger partial charge < -0.3 is 10.2 Å². The van der Waals surface area contributed by atoms with Crippen LogP contribution in [0.1, 0.15) is 49.7 Å². The number of carbonyl (C=O) groups excluding carboxylic acids is 1. The lowest BCUT2D eigenvalue weighted by Crippen LogP contribution is -2.36. The van der Waals surface area contributed by atoms with Gasteiger partial charge >= 0.3 is 0 Å². The Bertz CT molecular complexity index is 483. The number of anilines is 1. The van der Waals surface area contributed by atoms with Crippen LogP contribution in [0.25, 0.3) is 0 Å². The first-order valence-corrected chi connectivity index (χ1v) is 7.58. The molecule has 4 nitrogen and oxygen atoms in total. The van der Waals surface area contributed by atoms with Gasteiger partial charge in [0.05, 0.1) is 0 Å². The fourth-order valence-corrected chi connectivity index (χ4v) is 2.45. The molecule has 1 aromatic rings. The van der Waals surface area contributed by atoms with Gasteiger partial charge in [-0.15, -0.1) is 0 Å². The van der Waals surface area contributed by atoms with E-state index in [1.54, 1.807) is 0 Å². The number of nitrogens with zero attached hydrogens (tertiary/aromatic N) is 2. The minimum Gasteiger partial charge on any atom is -0.370 e. The van der Waals surface area contributed by atoms with E-state index in [2.05, 4.69) is 24.1 Å². The van der Waals surface area contributed by atoms with Crippen molar-refractivity contribution >= 4 is 11.7 Å². The van der Waals surface area contributed by atoms with E-state index < -0.39 is 0 Å². The molecule has 110 valence electrons. The van der Waals surface area contributed by atoms with Crippen molar-refractivity contribution in [2.45, 2.75) is 46.1 Å². The number of carbonyl (C=O) groups is 1. The van der Waals surface area contributed by atoms with Crippen LogP contribution in [0.5, 0.6) is 0 Å². The molecule has 0 spiro atoms. The molecular formula is C16H25N3O. The molecule has 1 unspecified atom stereocenters. The number of rotatable bonds is 6. The van der Waals surface area contributed by atoms with E-state index in [-0.39, 0.29) is 5.91 Å². The molecule has 4 heteroatoms. The maximum atomic E-state index is 12.6. The van der Waals surface area contributed by atoms with Gasteiger partial charge in [-0.3, -0.25) is 4.79 Å². The smallest absolute Gasteiger partial charge is 0.254 e. The summed E-state index contributed by atoms with van der Waals surface area (Å²) in [6.45, 7) is 7.04. The molecule has 1 heterocycles. The quantitative estimate of drug-likeness (QED) is 0.868. The zero-order valence-electron chi connectivity index (χ0n) is 12.9. The monoisotopic (exact) mass is 275 g/mol. The molecule has 0 aromatic carbocycles. The highest BCUT2D eigenvalue weighted by molar-refractivity contribution is 5.95. The largest absolute Gasteiger partial charge is 0.370 e. The van der Waals surface area contributed by atoms with E-state index in [4.69, 9.17) is 0 Å². The summed E-state index contributed by atoms with van der Waals surface area (Å²) in [6, 6.07) is 4.10. The molecule has 0 bridgehead atoms. The Morgan fingerprint density at radius 3 is 2.70 bits per heavy atom. The van der Waals surface area contributed by atoms with Crippen LogP contribution in [0.15, 0.2) is 12.1 Å². The molecule has 1 aliphatic rings. The number of nitrogens with one attached hydrogen (secondary N) is 1. The number of aromatic nitrogens is 1. The second-order valence-corrected chi connectivity index (χ2v) is 5.61. The van der Waals surface area contributed by atoms with Crippen molar-refractivity contribution in [1.29, 1.82) is 0 Å². The Morgan fingerprint density at radius 1 is 1.45 bits per heavy atom. The zero-order valence-corrected chi connectivity index (χ0v) is 12.9. The lowest BCUT2D eigenvalue weighted by atomic mass is 10.1. The Morgan fingerprint density at radius 2 is 2.15 bits per heavy atom. The van der Waals surface area contributed by atoms with Gasteiger partial charge in [0.15, 0.2) is 0 Å². The van der Waals surface area contributed by atoms with Gasteiger partial charge in [-0.05, 0) is 51.2 Å². The SMILES string of the molecule is CCNc1cc(C(=O)N(C)C(C)C2CC2)cc(CC)n1. The topological polar surface area (TPSA) is 45.2 Å². The van der Waals surface area contributed by atoms with E-state index >= 15 is 0 Å². The second kappa shape index (κ2) is 6.25.